The lowest BCUT2D eigenvalue weighted by Gasteiger charge is -2.27. The van der Waals surface area contributed by atoms with Gasteiger partial charge in [0, 0.05) is 36.1 Å². The summed E-state index contributed by atoms with van der Waals surface area (Å²) < 4.78 is 0.947. The van der Waals surface area contributed by atoms with Crippen molar-refractivity contribution in [1.82, 2.24) is 10.2 Å². The molecule has 1 aliphatic rings. The van der Waals surface area contributed by atoms with Gasteiger partial charge in [-0.3, -0.25) is 9.59 Å². The second kappa shape index (κ2) is 7.59. The van der Waals surface area contributed by atoms with Crippen LogP contribution in [0.25, 0.3) is 0 Å². The molecule has 0 aromatic heterocycles. The van der Waals surface area contributed by atoms with Crippen LogP contribution in [-0.2, 0) is 4.79 Å². The van der Waals surface area contributed by atoms with Crippen LogP contribution >= 0.6 is 15.9 Å². The van der Waals surface area contributed by atoms with Crippen LogP contribution in [0.4, 0.5) is 0 Å². The maximum Gasteiger partial charge on any atom is 0.251 e. The van der Waals surface area contributed by atoms with E-state index in [9.17, 15) is 9.59 Å². The molecule has 2 amide bonds. The zero-order valence-electron chi connectivity index (χ0n) is 12.3. The zero-order valence-corrected chi connectivity index (χ0v) is 13.9. The standard InChI is InChI=1S/C16H21BrN2O2/c1-12(20)19(15-4-2-3-5-15)11-10-18-16(21)13-6-8-14(17)9-7-13/h6-9,15H,2-5,10-11H2,1H3,(H,18,21). The van der Waals surface area contributed by atoms with Crippen LogP contribution in [0.3, 0.4) is 0 Å². The Balaban J connectivity index is 1.82. The van der Waals surface area contributed by atoms with Crippen molar-refractivity contribution in [2.24, 2.45) is 0 Å². The quantitative estimate of drug-likeness (QED) is 0.885. The first-order chi connectivity index (χ1) is 10.1. The highest BCUT2D eigenvalue weighted by atomic mass is 79.9. The molecule has 114 valence electrons. The third-order valence-corrected chi connectivity index (χ3v) is 4.44. The van der Waals surface area contributed by atoms with Crippen molar-refractivity contribution < 1.29 is 9.59 Å². The molecule has 1 aromatic carbocycles. The summed E-state index contributed by atoms with van der Waals surface area (Å²) in [7, 11) is 0. The first-order valence-corrected chi connectivity index (χ1v) is 8.18. The van der Waals surface area contributed by atoms with E-state index in [1.807, 2.05) is 17.0 Å². The van der Waals surface area contributed by atoms with Crippen LogP contribution in [-0.4, -0.2) is 35.8 Å². The summed E-state index contributed by atoms with van der Waals surface area (Å²) >= 11 is 3.34. The molecule has 0 bridgehead atoms. The molecule has 0 unspecified atom stereocenters. The van der Waals surface area contributed by atoms with Gasteiger partial charge in [0.25, 0.3) is 5.91 Å². The summed E-state index contributed by atoms with van der Waals surface area (Å²) in [5, 5.41) is 2.88. The normalized spacial score (nSPS) is 15.0. The molecule has 0 spiro atoms. The van der Waals surface area contributed by atoms with E-state index in [1.54, 1.807) is 19.1 Å². The molecule has 1 N–H and O–H groups in total. The van der Waals surface area contributed by atoms with Gasteiger partial charge in [0.05, 0.1) is 0 Å². The summed E-state index contributed by atoms with van der Waals surface area (Å²) in [5.74, 6) is -0.00258. The monoisotopic (exact) mass is 352 g/mol. The topological polar surface area (TPSA) is 49.4 Å². The van der Waals surface area contributed by atoms with E-state index in [-0.39, 0.29) is 11.8 Å². The van der Waals surface area contributed by atoms with Crippen LogP contribution in [0.1, 0.15) is 43.0 Å². The van der Waals surface area contributed by atoms with Crippen molar-refractivity contribution >= 4 is 27.7 Å². The highest BCUT2D eigenvalue weighted by Gasteiger charge is 2.24. The summed E-state index contributed by atoms with van der Waals surface area (Å²) in [6.45, 7) is 2.68. The maximum absolute atomic E-state index is 12.0. The maximum atomic E-state index is 12.0. The Morgan fingerprint density at radius 2 is 1.86 bits per heavy atom. The molecule has 1 saturated carbocycles. The number of nitrogens with one attached hydrogen (secondary N) is 1. The second-order valence-corrected chi connectivity index (χ2v) is 6.33. The van der Waals surface area contributed by atoms with Gasteiger partial charge in [-0.25, -0.2) is 0 Å². The Bertz CT molecular complexity index is 496. The molecule has 2 rings (SSSR count). The summed E-state index contributed by atoms with van der Waals surface area (Å²) in [5.41, 5.74) is 0.633. The Morgan fingerprint density at radius 3 is 2.43 bits per heavy atom. The predicted octanol–water partition coefficient (Wildman–Crippen LogP) is 2.97. The van der Waals surface area contributed by atoms with E-state index >= 15 is 0 Å². The minimum Gasteiger partial charge on any atom is -0.350 e. The minimum absolute atomic E-state index is 0.0970. The smallest absolute Gasteiger partial charge is 0.251 e. The molecule has 1 aliphatic carbocycles. The van der Waals surface area contributed by atoms with E-state index in [0.29, 0.717) is 24.7 Å². The van der Waals surface area contributed by atoms with Gasteiger partial charge < -0.3 is 10.2 Å². The van der Waals surface area contributed by atoms with Crippen molar-refractivity contribution in [2.45, 2.75) is 38.6 Å². The molecule has 0 saturated heterocycles. The van der Waals surface area contributed by atoms with Crippen LogP contribution < -0.4 is 5.32 Å². The number of hydrogen-bond donors (Lipinski definition) is 1. The van der Waals surface area contributed by atoms with E-state index < -0.39 is 0 Å². The molecule has 0 atom stereocenters. The summed E-state index contributed by atoms with van der Waals surface area (Å²) in [6.07, 6.45) is 4.56. The van der Waals surface area contributed by atoms with Crippen molar-refractivity contribution in [3.63, 3.8) is 0 Å². The Morgan fingerprint density at radius 1 is 1.24 bits per heavy atom. The first-order valence-electron chi connectivity index (χ1n) is 7.39. The minimum atomic E-state index is -0.0996. The highest BCUT2D eigenvalue weighted by molar-refractivity contribution is 9.10. The molecule has 0 radical (unpaired) electrons. The third-order valence-electron chi connectivity index (χ3n) is 3.91. The average molecular weight is 353 g/mol. The molecule has 5 heteroatoms. The predicted molar refractivity (Wildman–Crippen MR) is 86.1 cm³/mol. The summed E-state index contributed by atoms with van der Waals surface area (Å²) in [4.78, 5) is 25.6. The van der Waals surface area contributed by atoms with Gasteiger partial charge in [0.2, 0.25) is 5.91 Å². The van der Waals surface area contributed by atoms with Gasteiger partial charge in [0.15, 0.2) is 0 Å². The lowest BCUT2D eigenvalue weighted by molar-refractivity contribution is -0.130. The number of carbonyl (C=O) groups is 2. The fourth-order valence-electron chi connectivity index (χ4n) is 2.81. The van der Waals surface area contributed by atoms with Crippen LogP contribution in [0, 0.1) is 0 Å². The van der Waals surface area contributed by atoms with Crippen LogP contribution in [0.15, 0.2) is 28.7 Å². The number of benzene rings is 1. The third kappa shape index (κ3) is 4.56. The largest absolute Gasteiger partial charge is 0.350 e. The Hall–Kier alpha value is -1.36. The molecule has 0 aliphatic heterocycles. The fraction of sp³-hybridized carbons (Fsp3) is 0.500. The molecule has 1 aromatic rings. The number of hydrogen-bond acceptors (Lipinski definition) is 2. The number of rotatable bonds is 5. The molecule has 4 nitrogen and oxygen atoms in total. The second-order valence-electron chi connectivity index (χ2n) is 5.41. The molecule has 1 fully saturated rings. The molecule has 21 heavy (non-hydrogen) atoms. The highest BCUT2D eigenvalue weighted by Crippen LogP contribution is 2.23. The molecule has 0 heterocycles. The van der Waals surface area contributed by atoms with Crippen LogP contribution in [0.2, 0.25) is 0 Å². The van der Waals surface area contributed by atoms with Crippen molar-refractivity contribution in [3.8, 4) is 0 Å². The number of amides is 2. The van der Waals surface area contributed by atoms with Gasteiger partial charge in [-0.2, -0.15) is 0 Å². The Kier molecular flexibility index (Phi) is 5.79. The zero-order chi connectivity index (χ0) is 15.2. The average Bonchev–Trinajstić information content (AvgIpc) is 2.97. The van der Waals surface area contributed by atoms with Crippen molar-refractivity contribution in [2.75, 3.05) is 13.1 Å². The van der Waals surface area contributed by atoms with Crippen LogP contribution in [0.5, 0.6) is 0 Å². The fourth-order valence-corrected chi connectivity index (χ4v) is 3.07. The lowest BCUT2D eigenvalue weighted by atomic mass is 10.2. The molecular formula is C16H21BrN2O2. The molecular weight excluding hydrogens is 332 g/mol. The number of carbonyl (C=O) groups excluding carboxylic acids is 2. The van der Waals surface area contributed by atoms with Crippen molar-refractivity contribution in [1.29, 1.82) is 0 Å². The van der Waals surface area contributed by atoms with E-state index in [1.165, 1.54) is 12.8 Å². The van der Waals surface area contributed by atoms with Gasteiger partial charge >= 0.3 is 0 Å². The lowest BCUT2D eigenvalue weighted by Crippen LogP contribution is -2.42. The van der Waals surface area contributed by atoms with E-state index in [4.69, 9.17) is 0 Å². The van der Waals surface area contributed by atoms with Gasteiger partial charge in [-0.1, -0.05) is 28.8 Å². The first kappa shape index (κ1) is 16.0. The van der Waals surface area contributed by atoms with E-state index in [0.717, 1.165) is 17.3 Å². The van der Waals surface area contributed by atoms with Gasteiger partial charge in [-0.15, -0.1) is 0 Å². The number of nitrogens with zero attached hydrogens (tertiary/aromatic N) is 1. The van der Waals surface area contributed by atoms with Gasteiger partial charge in [0.1, 0.15) is 0 Å². The SMILES string of the molecule is CC(=O)N(CCNC(=O)c1ccc(Br)cc1)C1CCCC1. The Labute approximate surface area is 134 Å². The van der Waals surface area contributed by atoms with Gasteiger partial charge in [-0.05, 0) is 37.1 Å². The van der Waals surface area contributed by atoms with E-state index in [2.05, 4.69) is 21.2 Å². The number of halogens is 1. The summed E-state index contributed by atoms with van der Waals surface area (Å²) in [6, 6.07) is 7.59. The van der Waals surface area contributed by atoms with Crippen molar-refractivity contribution in [3.05, 3.63) is 34.3 Å².